The van der Waals surface area contributed by atoms with E-state index in [1.807, 2.05) is 0 Å². The second kappa shape index (κ2) is 6.51. The summed E-state index contributed by atoms with van der Waals surface area (Å²) in [5.74, 6) is -1.85. The molecule has 0 aliphatic carbocycles. The molecule has 2 fully saturated rings. The first-order chi connectivity index (χ1) is 11.5. The smallest absolute Gasteiger partial charge is 0.407 e. The van der Waals surface area contributed by atoms with Crippen LogP contribution in [-0.4, -0.2) is 53.3 Å². The van der Waals surface area contributed by atoms with Crippen LogP contribution in [0.3, 0.4) is 0 Å². The molecule has 3 rings (SSSR count). The predicted octanol–water partition coefficient (Wildman–Crippen LogP) is 1.92. The Bertz CT molecular complexity index is 646. The second-order valence-corrected chi connectivity index (χ2v) is 6.08. The van der Waals surface area contributed by atoms with Crippen molar-refractivity contribution in [3.63, 3.8) is 0 Å². The maximum atomic E-state index is 12.3. The van der Waals surface area contributed by atoms with Crippen molar-refractivity contribution in [1.82, 2.24) is 4.90 Å². The number of benzene rings is 1. The summed E-state index contributed by atoms with van der Waals surface area (Å²) in [5, 5.41) is 9.40. The lowest BCUT2D eigenvalue weighted by molar-refractivity contribution is -0.155. The Kier molecular flexibility index (Phi) is 4.42. The molecule has 2 heterocycles. The van der Waals surface area contributed by atoms with Crippen molar-refractivity contribution in [3.05, 3.63) is 35.9 Å². The van der Waals surface area contributed by atoms with Gasteiger partial charge in [0.05, 0.1) is 18.7 Å². The summed E-state index contributed by atoms with van der Waals surface area (Å²) in [6.07, 6.45) is -0.205. The minimum Gasteiger partial charge on any atom is -0.469 e. The number of fused-ring (bicyclic) bond motifs is 2. The van der Waals surface area contributed by atoms with Crippen LogP contribution in [0.2, 0.25) is 0 Å². The van der Waals surface area contributed by atoms with E-state index in [4.69, 9.17) is 9.47 Å². The van der Waals surface area contributed by atoms with Crippen LogP contribution >= 0.6 is 0 Å². The number of hydrogen-bond acceptors (Lipinski definition) is 5. The number of hydrogen-bond donors (Lipinski definition) is 1. The monoisotopic (exact) mass is 333 g/mol. The zero-order valence-corrected chi connectivity index (χ0v) is 13.3. The summed E-state index contributed by atoms with van der Waals surface area (Å²) in [6, 6.07) is 7.77. The van der Waals surface area contributed by atoms with Crippen molar-refractivity contribution in [2.75, 3.05) is 7.11 Å². The van der Waals surface area contributed by atoms with E-state index < -0.39 is 36.1 Å². The summed E-state index contributed by atoms with van der Waals surface area (Å²) in [7, 11) is 1.25. The van der Waals surface area contributed by atoms with Crippen LogP contribution in [0.15, 0.2) is 30.3 Å². The molecule has 7 heteroatoms. The first-order valence-electron chi connectivity index (χ1n) is 7.88. The number of amides is 1. The van der Waals surface area contributed by atoms with E-state index in [0.29, 0.717) is 24.8 Å². The van der Waals surface area contributed by atoms with Gasteiger partial charge in [-0.15, -0.1) is 0 Å². The SMILES string of the molecule is COC(=O)[C@H]1[C@@H](OC(=O)c2ccccc2)C[C@H]2CC[C@@H]1N2C(=O)O. The molecule has 2 saturated heterocycles. The van der Waals surface area contributed by atoms with Gasteiger partial charge in [0.15, 0.2) is 0 Å². The number of piperidine rings is 1. The van der Waals surface area contributed by atoms with Crippen LogP contribution in [-0.2, 0) is 14.3 Å². The van der Waals surface area contributed by atoms with Gasteiger partial charge < -0.3 is 19.5 Å². The van der Waals surface area contributed by atoms with E-state index >= 15 is 0 Å². The van der Waals surface area contributed by atoms with Crippen molar-refractivity contribution >= 4 is 18.0 Å². The molecule has 24 heavy (non-hydrogen) atoms. The minimum absolute atomic E-state index is 0.234. The summed E-state index contributed by atoms with van der Waals surface area (Å²) in [6.45, 7) is 0. The van der Waals surface area contributed by atoms with E-state index in [0.717, 1.165) is 0 Å². The quantitative estimate of drug-likeness (QED) is 0.850. The summed E-state index contributed by atoms with van der Waals surface area (Å²) >= 11 is 0. The van der Waals surface area contributed by atoms with Crippen molar-refractivity contribution in [3.8, 4) is 0 Å². The van der Waals surface area contributed by atoms with Gasteiger partial charge in [-0.2, -0.15) is 0 Å². The Balaban J connectivity index is 1.83. The number of carbonyl (C=O) groups excluding carboxylic acids is 2. The van der Waals surface area contributed by atoms with Crippen LogP contribution in [0.25, 0.3) is 0 Å². The minimum atomic E-state index is -1.05. The normalized spacial score (nSPS) is 28.3. The van der Waals surface area contributed by atoms with Gasteiger partial charge >= 0.3 is 18.0 Å². The molecule has 1 amide bonds. The number of nitrogens with zero attached hydrogens (tertiary/aromatic N) is 1. The highest BCUT2D eigenvalue weighted by Gasteiger charge is 2.54. The molecule has 0 radical (unpaired) electrons. The molecule has 1 aromatic rings. The van der Waals surface area contributed by atoms with Gasteiger partial charge in [0.1, 0.15) is 12.0 Å². The molecule has 2 bridgehead atoms. The van der Waals surface area contributed by atoms with Crippen LogP contribution in [0.1, 0.15) is 29.6 Å². The number of methoxy groups -OCH3 is 1. The molecule has 7 nitrogen and oxygen atoms in total. The van der Waals surface area contributed by atoms with Crippen LogP contribution in [0.4, 0.5) is 4.79 Å². The fourth-order valence-corrected chi connectivity index (χ4v) is 3.80. The highest BCUT2D eigenvalue weighted by atomic mass is 16.6. The lowest BCUT2D eigenvalue weighted by Gasteiger charge is -2.41. The molecule has 4 atom stereocenters. The van der Waals surface area contributed by atoms with Crippen molar-refractivity contribution in [2.24, 2.45) is 5.92 Å². The predicted molar refractivity (Wildman–Crippen MR) is 82.4 cm³/mol. The van der Waals surface area contributed by atoms with Crippen LogP contribution in [0, 0.1) is 5.92 Å². The van der Waals surface area contributed by atoms with E-state index in [9.17, 15) is 19.5 Å². The van der Waals surface area contributed by atoms with Gasteiger partial charge in [-0.25, -0.2) is 9.59 Å². The fourth-order valence-electron chi connectivity index (χ4n) is 3.80. The molecular weight excluding hydrogens is 314 g/mol. The summed E-state index contributed by atoms with van der Waals surface area (Å²) in [5.41, 5.74) is 0.397. The average molecular weight is 333 g/mol. The zero-order chi connectivity index (χ0) is 17.3. The molecule has 1 N–H and O–H groups in total. The molecule has 0 aromatic heterocycles. The lowest BCUT2D eigenvalue weighted by atomic mass is 9.87. The molecule has 128 valence electrons. The average Bonchev–Trinajstić information content (AvgIpc) is 2.90. The topological polar surface area (TPSA) is 93.1 Å². The number of carbonyl (C=O) groups is 3. The Labute approximate surface area is 139 Å². The maximum absolute atomic E-state index is 12.3. The number of esters is 2. The maximum Gasteiger partial charge on any atom is 0.407 e. The highest BCUT2D eigenvalue weighted by Crippen LogP contribution is 2.41. The fraction of sp³-hybridized carbons (Fsp3) is 0.471. The van der Waals surface area contributed by atoms with Gasteiger partial charge in [0, 0.05) is 12.5 Å². The van der Waals surface area contributed by atoms with E-state index in [-0.39, 0.29) is 6.04 Å². The van der Waals surface area contributed by atoms with Crippen molar-refractivity contribution in [2.45, 2.75) is 37.5 Å². The van der Waals surface area contributed by atoms with Gasteiger partial charge in [-0.3, -0.25) is 4.79 Å². The molecule has 2 aliphatic heterocycles. The molecule has 0 unspecified atom stereocenters. The third-order valence-corrected chi connectivity index (χ3v) is 4.83. The number of carboxylic acid groups (broad SMARTS) is 1. The first kappa shape index (κ1) is 16.3. The zero-order valence-electron chi connectivity index (χ0n) is 13.3. The van der Waals surface area contributed by atoms with E-state index in [2.05, 4.69) is 0 Å². The second-order valence-electron chi connectivity index (χ2n) is 6.08. The van der Waals surface area contributed by atoms with Crippen LogP contribution < -0.4 is 0 Å². The Morgan fingerprint density at radius 2 is 1.88 bits per heavy atom. The van der Waals surface area contributed by atoms with Gasteiger partial charge in [-0.05, 0) is 25.0 Å². The lowest BCUT2D eigenvalue weighted by Crippen LogP contribution is -2.56. The third kappa shape index (κ3) is 2.81. The van der Waals surface area contributed by atoms with E-state index in [1.165, 1.54) is 12.0 Å². The van der Waals surface area contributed by atoms with Crippen LogP contribution in [0.5, 0.6) is 0 Å². The molecular formula is C17H19NO6. The largest absolute Gasteiger partial charge is 0.469 e. The Morgan fingerprint density at radius 3 is 2.50 bits per heavy atom. The standard InChI is InChI=1S/C17H19NO6/c1-23-16(20)14-12-8-7-11(18(12)17(21)22)9-13(14)24-15(19)10-5-3-2-4-6-10/h2-6,11-14H,7-9H2,1H3,(H,21,22)/t11-,12+,13+,14-/m1/s1. The summed E-state index contributed by atoms with van der Waals surface area (Å²) in [4.78, 5) is 37.3. The molecule has 1 aromatic carbocycles. The molecule has 0 saturated carbocycles. The molecule has 2 aliphatic rings. The molecule has 0 spiro atoms. The number of rotatable bonds is 3. The number of ether oxygens (including phenoxy) is 2. The third-order valence-electron chi connectivity index (χ3n) is 4.83. The summed E-state index contributed by atoms with van der Waals surface area (Å²) < 4.78 is 10.4. The first-order valence-corrected chi connectivity index (χ1v) is 7.88. The van der Waals surface area contributed by atoms with Crippen molar-refractivity contribution in [1.29, 1.82) is 0 Å². The van der Waals surface area contributed by atoms with Gasteiger partial charge in [0.2, 0.25) is 0 Å². The van der Waals surface area contributed by atoms with E-state index in [1.54, 1.807) is 30.3 Å². The highest BCUT2D eigenvalue weighted by molar-refractivity contribution is 5.89. The van der Waals surface area contributed by atoms with Gasteiger partial charge in [-0.1, -0.05) is 18.2 Å². The van der Waals surface area contributed by atoms with Crippen molar-refractivity contribution < 1.29 is 29.0 Å². The Morgan fingerprint density at radius 1 is 1.17 bits per heavy atom. The van der Waals surface area contributed by atoms with Gasteiger partial charge in [0.25, 0.3) is 0 Å². The Hall–Kier alpha value is -2.57.